The predicted molar refractivity (Wildman–Crippen MR) is 100 cm³/mol. The summed E-state index contributed by atoms with van der Waals surface area (Å²) in [7, 11) is 0. The molecule has 0 aliphatic carbocycles. The molecule has 1 saturated heterocycles. The molecule has 2 aromatic rings. The number of likely N-dealkylation sites (tertiary alicyclic amines) is 1. The maximum absolute atomic E-state index is 13.6. The minimum atomic E-state index is -0.885. The number of nitrogens with two attached hydrogens (primary N) is 1. The van der Waals surface area contributed by atoms with Crippen LogP contribution in [0, 0.1) is 5.82 Å². The van der Waals surface area contributed by atoms with Gasteiger partial charge in [0.25, 0.3) is 5.91 Å². The number of amides is 3. The van der Waals surface area contributed by atoms with Crippen LogP contribution in [0.25, 0.3) is 0 Å². The molecule has 28 heavy (non-hydrogen) atoms. The SMILES string of the molecule is NC(=O)c1cc(NC(=O)N2CCC[C@@H]2c2ccc3c(c2)OCCO3)ccc1F. The maximum Gasteiger partial charge on any atom is 0.322 e. The predicted octanol–water partition coefficient (Wildman–Crippen LogP) is 3.06. The second-order valence-corrected chi connectivity index (χ2v) is 6.74. The first kappa shape index (κ1) is 18.1. The van der Waals surface area contributed by atoms with E-state index < -0.39 is 11.7 Å². The molecule has 3 amide bonds. The number of fused-ring (bicyclic) bond motifs is 1. The third kappa shape index (κ3) is 3.45. The van der Waals surface area contributed by atoms with Crippen LogP contribution in [-0.2, 0) is 0 Å². The number of primary amides is 1. The number of carbonyl (C=O) groups is 2. The van der Waals surface area contributed by atoms with E-state index in [1.54, 1.807) is 4.90 Å². The van der Waals surface area contributed by atoms with Crippen LogP contribution >= 0.6 is 0 Å². The average Bonchev–Trinajstić information content (AvgIpc) is 3.19. The number of nitrogens with zero attached hydrogens (tertiary/aromatic N) is 1. The van der Waals surface area contributed by atoms with E-state index in [1.165, 1.54) is 12.1 Å². The lowest BCUT2D eigenvalue weighted by molar-refractivity contribution is 0.0996. The van der Waals surface area contributed by atoms with E-state index in [0.29, 0.717) is 36.9 Å². The van der Waals surface area contributed by atoms with Gasteiger partial charge < -0.3 is 25.4 Å². The molecule has 7 nitrogen and oxygen atoms in total. The van der Waals surface area contributed by atoms with Crippen molar-refractivity contribution >= 4 is 17.6 Å². The Morgan fingerprint density at radius 2 is 1.89 bits per heavy atom. The average molecular weight is 385 g/mol. The van der Waals surface area contributed by atoms with Gasteiger partial charge >= 0.3 is 6.03 Å². The summed E-state index contributed by atoms with van der Waals surface area (Å²) in [4.78, 5) is 25.8. The van der Waals surface area contributed by atoms with Gasteiger partial charge in [-0.2, -0.15) is 0 Å². The third-order valence-corrected chi connectivity index (χ3v) is 4.95. The lowest BCUT2D eigenvalue weighted by atomic mass is 10.0. The highest BCUT2D eigenvalue weighted by molar-refractivity contribution is 5.96. The Bertz CT molecular complexity index is 934. The summed E-state index contributed by atoms with van der Waals surface area (Å²) in [6, 6.07) is 9.03. The molecule has 0 spiro atoms. The van der Waals surface area contributed by atoms with Gasteiger partial charge in [0, 0.05) is 12.2 Å². The zero-order valence-corrected chi connectivity index (χ0v) is 15.1. The summed E-state index contributed by atoms with van der Waals surface area (Å²) in [5, 5.41) is 2.73. The van der Waals surface area contributed by atoms with E-state index in [-0.39, 0.29) is 17.6 Å². The van der Waals surface area contributed by atoms with Crippen LogP contribution < -0.4 is 20.5 Å². The molecule has 2 aromatic carbocycles. The van der Waals surface area contributed by atoms with Gasteiger partial charge in [-0.1, -0.05) is 6.07 Å². The molecule has 146 valence electrons. The fraction of sp³-hybridized carbons (Fsp3) is 0.300. The summed E-state index contributed by atoms with van der Waals surface area (Å²) in [6.07, 6.45) is 1.69. The Balaban J connectivity index is 1.53. The standard InChI is InChI=1S/C20H20FN3O4/c21-15-5-4-13(11-14(15)19(22)25)23-20(26)24-7-1-2-16(24)12-3-6-17-18(10-12)28-9-8-27-17/h3-6,10-11,16H,1-2,7-9H2,(H2,22,25)(H,23,26)/t16-/m1/s1. The van der Waals surface area contributed by atoms with Gasteiger partial charge in [0.15, 0.2) is 11.5 Å². The highest BCUT2D eigenvalue weighted by Gasteiger charge is 2.31. The van der Waals surface area contributed by atoms with E-state index in [2.05, 4.69) is 5.32 Å². The molecule has 2 aliphatic rings. The molecule has 0 radical (unpaired) electrons. The molecule has 0 aromatic heterocycles. The van der Waals surface area contributed by atoms with Crippen LogP contribution in [0.5, 0.6) is 11.5 Å². The first-order valence-electron chi connectivity index (χ1n) is 9.09. The Labute approximate surface area is 161 Å². The van der Waals surface area contributed by atoms with Crippen LogP contribution in [0.2, 0.25) is 0 Å². The zero-order valence-electron chi connectivity index (χ0n) is 15.1. The maximum atomic E-state index is 13.6. The highest BCUT2D eigenvalue weighted by Crippen LogP contribution is 2.38. The van der Waals surface area contributed by atoms with Crippen molar-refractivity contribution in [2.75, 3.05) is 25.1 Å². The van der Waals surface area contributed by atoms with Crippen LogP contribution in [0.1, 0.15) is 34.8 Å². The second-order valence-electron chi connectivity index (χ2n) is 6.74. The Morgan fingerprint density at radius 1 is 1.11 bits per heavy atom. The number of carbonyl (C=O) groups excluding carboxylic acids is 2. The number of urea groups is 1. The van der Waals surface area contributed by atoms with Crippen molar-refractivity contribution in [2.45, 2.75) is 18.9 Å². The molecule has 0 bridgehead atoms. The molecule has 8 heteroatoms. The molecule has 1 atom stereocenters. The highest BCUT2D eigenvalue weighted by atomic mass is 19.1. The molecule has 1 fully saturated rings. The van der Waals surface area contributed by atoms with Crippen LogP contribution in [0.15, 0.2) is 36.4 Å². The number of benzene rings is 2. The van der Waals surface area contributed by atoms with Crippen molar-refractivity contribution in [3.05, 3.63) is 53.3 Å². The Hall–Kier alpha value is -3.29. The molecular weight excluding hydrogens is 365 g/mol. The summed E-state index contributed by atoms with van der Waals surface area (Å²) < 4.78 is 24.8. The summed E-state index contributed by atoms with van der Waals surface area (Å²) in [5.74, 6) is -0.223. The normalized spacial score (nSPS) is 18.0. The number of hydrogen-bond acceptors (Lipinski definition) is 4. The first-order chi connectivity index (χ1) is 13.5. The number of hydrogen-bond donors (Lipinski definition) is 2. The number of nitrogens with one attached hydrogen (secondary N) is 1. The Morgan fingerprint density at radius 3 is 2.68 bits per heavy atom. The molecule has 3 N–H and O–H groups in total. The topological polar surface area (TPSA) is 93.9 Å². The summed E-state index contributed by atoms with van der Waals surface area (Å²) in [6.45, 7) is 1.61. The summed E-state index contributed by atoms with van der Waals surface area (Å²) >= 11 is 0. The molecule has 2 aliphatic heterocycles. The monoisotopic (exact) mass is 385 g/mol. The molecule has 0 unspecified atom stereocenters. The van der Waals surface area contributed by atoms with Gasteiger partial charge in [-0.15, -0.1) is 0 Å². The largest absolute Gasteiger partial charge is 0.486 e. The van der Waals surface area contributed by atoms with Gasteiger partial charge in [-0.05, 0) is 48.7 Å². The van der Waals surface area contributed by atoms with E-state index in [1.807, 2.05) is 18.2 Å². The van der Waals surface area contributed by atoms with Crippen molar-refractivity contribution in [1.82, 2.24) is 4.90 Å². The second kappa shape index (κ2) is 7.38. The van der Waals surface area contributed by atoms with Crippen molar-refractivity contribution in [1.29, 1.82) is 0 Å². The van der Waals surface area contributed by atoms with Crippen molar-refractivity contribution in [3.8, 4) is 11.5 Å². The van der Waals surface area contributed by atoms with E-state index in [0.717, 1.165) is 24.5 Å². The van der Waals surface area contributed by atoms with Gasteiger partial charge in [0.05, 0.1) is 11.6 Å². The number of rotatable bonds is 3. The van der Waals surface area contributed by atoms with E-state index in [4.69, 9.17) is 15.2 Å². The smallest absolute Gasteiger partial charge is 0.322 e. The van der Waals surface area contributed by atoms with Crippen LogP contribution in [0.3, 0.4) is 0 Å². The van der Waals surface area contributed by atoms with Crippen LogP contribution in [-0.4, -0.2) is 36.6 Å². The van der Waals surface area contributed by atoms with Crippen molar-refractivity contribution in [2.24, 2.45) is 5.73 Å². The molecular formula is C20H20FN3O4. The quantitative estimate of drug-likeness (QED) is 0.849. The van der Waals surface area contributed by atoms with Gasteiger partial charge in [-0.25, -0.2) is 9.18 Å². The third-order valence-electron chi connectivity index (χ3n) is 4.95. The lowest BCUT2D eigenvalue weighted by Gasteiger charge is -2.27. The Kier molecular flexibility index (Phi) is 4.77. The molecule has 0 saturated carbocycles. The zero-order chi connectivity index (χ0) is 19.7. The van der Waals surface area contributed by atoms with E-state index in [9.17, 15) is 14.0 Å². The van der Waals surface area contributed by atoms with E-state index >= 15 is 0 Å². The van der Waals surface area contributed by atoms with Gasteiger partial charge in [0.1, 0.15) is 19.0 Å². The molecule has 4 rings (SSSR count). The fourth-order valence-corrected chi connectivity index (χ4v) is 3.61. The lowest BCUT2D eigenvalue weighted by Crippen LogP contribution is -2.34. The minimum Gasteiger partial charge on any atom is -0.486 e. The fourth-order valence-electron chi connectivity index (χ4n) is 3.61. The number of anilines is 1. The van der Waals surface area contributed by atoms with Crippen molar-refractivity contribution < 1.29 is 23.5 Å². The number of halogens is 1. The van der Waals surface area contributed by atoms with Crippen molar-refractivity contribution in [3.63, 3.8) is 0 Å². The van der Waals surface area contributed by atoms with Crippen LogP contribution in [0.4, 0.5) is 14.9 Å². The summed E-state index contributed by atoms with van der Waals surface area (Å²) in [5.41, 5.74) is 6.18. The number of ether oxygens (including phenoxy) is 2. The first-order valence-corrected chi connectivity index (χ1v) is 9.09. The van der Waals surface area contributed by atoms with Gasteiger partial charge in [0.2, 0.25) is 0 Å². The van der Waals surface area contributed by atoms with Gasteiger partial charge in [-0.3, -0.25) is 4.79 Å². The molecule has 2 heterocycles. The minimum absolute atomic E-state index is 0.105.